The van der Waals surface area contributed by atoms with E-state index < -0.39 is 6.17 Å². The lowest BCUT2D eigenvalue weighted by Gasteiger charge is -2.29. The van der Waals surface area contributed by atoms with Gasteiger partial charge < -0.3 is 10.6 Å². The zero-order valence-corrected chi connectivity index (χ0v) is 6.90. The highest BCUT2D eigenvalue weighted by molar-refractivity contribution is 5.85. The van der Waals surface area contributed by atoms with E-state index in [0.29, 0.717) is 6.54 Å². The van der Waals surface area contributed by atoms with Gasteiger partial charge in [-0.05, 0) is 20.0 Å². The van der Waals surface area contributed by atoms with Crippen LogP contribution in [-0.2, 0) is 0 Å². The second-order valence-electron chi connectivity index (χ2n) is 2.73. The van der Waals surface area contributed by atoms with Gasteiger partial charge in [-0.3, -0.25) is 0 Å². The summed E-state index contributed by atoms with van der Waals surface area (Å²) in [6.07, 6.45) is -0.0266. The molecule has 2 nitrogen and oxygen atoms in total. The van der Waals surface area contributed by atoms with Gasteiger partial charge in [0.2, 0.25) is 0 Å². The number of likely N-dealkylation sites (tertiary alicyclic amines) is 1. The van der Waals surface area contributed by atoms with Crippen molar-refractivity contribution in [1.82, 2.24) is 4.90 Å². The Bertz CT molecular complexity index is 102. The highest BCUT2D eigenvalue weighted by Gasteiger charge is 2.23. The van der Waals surface area contributed by atoms with Gasteiger partial charge >= 0.3 is 0 Å². The molecule has 1 aliphatic rings. The quantitative estimate of drug-likeness (QED) is 0.568. The van der Waals surface area contributed by atoms with Crippen molar-refractivity contribution in [3.8, 4) is 0 Å². The molecule has 1 saturated heterocycles. The molecule has 62 valence electrons. The van der Waals surface area contributed by atoms with Crippen LogP contribution in [0.4, 0.5) is 4.39 Å². The third-order valence-electron chi connectivity index (χ3n) is 1.79. The summed E-state index contributed by atoms with van der Waals surface area (Å²) in [5.74, 6) is 0. The standard InChI is InChI=1S/C6H13FN2.ClH/c1-9-3-2-6(8)5(7)4-9;/h5-6H,2-4,8H2,1H3;1H. The van der Waals surface area contributed by atoms with E-state index in [1.165, 1.54) is 0 Å². The van der Waals surface area contributed by atoms with Gasteiger partial charge in [0.05, 0.1) is 0 Å². The monoisotopic (exact) mass is 168 g/mol. The lowest BCUT2D eigenvalue weighted by molar-refractivity contribution is 0.141. The highest BCUT2D eigenvalue weighted by Crippen LogP contribution is 2.09. The molecule has 0 radical (unpaired) electrons. The Balaban J connectivity index is 0.000000810. The molecule has 1 heterocycles. The maximum absolute atomic E-state index is 12.7. The predicted octanol–water partition coefficient (Wildman–Crippen LogP) is 0.409. The summed E-state index contributed by atoms with van der Waals surface area (Å²) in [7, 11) is 1.92. The van der Waals surface area contributed by atoms with Crippen molar-refractivity contribution >= 4 is 12.4 Å². The third kappa shape index (κ3) is 2.40. The van der Waals surface area contributed by atoms with E-state index in [0.717, 1.165) is 13.0 Å². The van der Waals surface area contributed by atoms with Crippen LogP contribution in [0.25, 0.3) is 0 Å². The van der Waals surface area contributed by atoms with Gasteiger partial charge in [0, 0.05) is 12.6 Å². The summed E-state index contributed by atoms with van der Waals surface area (Å²) < 4.78 is 12.7. The summed E-state index contributed by atoms with van der Waals surface area (Å²) in [4.78, 5) is 1.97. The molecule has 0 spiro atoms. The number of nitrogens with zero attached hydrogens (tertiary/aromatic N) is 1. The Morgan fingerprint density at radius 1 is 1.60 bits per heavy atom. The Morgan fingerprint density at radius 2 is 2.20 bits per heavy atom. The van der Waals surface area contributed by atoms with E-state index in [-0.39, 0.29) is 18.4 Å². The number of rotatable bonds is 0. The molecule has 10 heavy (non-hydrogen) atoms. The molecule has 4 heteroatoms. The average Bonchev–Trinajstić information content (AvgIpc) is 1.80. The van der Waals surface area contributed by atoms with Gasteiger partial charge in [-0.1, -0.05) is 0 Å². The lowest BCUT2D eigenvalue weighted by Crippen LogP contribution is -2.46. The van der Waals surface area contributed by atoms with Crippen molar-refractivity contribution in [3.05, 3.63) is 0 Å². The second-order valence-corrected chi connectivity index (χ2v) is 2.73. The summed E-state index contributed by atoms with van der Waals surface area (Å²) >= 11 is 0. The third-order valence-corrected chi connectivity index (χ3v) is 1.79. The zero-order chi connectivity index (χ0) is 6.85. The van der Waals surface area contributed by atoms with Crippen molar-refractivity contribution in [2.24, 2.45) is 5.73 Å². The maximum Gasteiger partial charge on any atom is 0.128 e. The number of halogens is 2. The molecule has 0 bridgehead atoms. The number of nitrogens with two attached hydrogens (primary N) is 1. The van der Waals surface area contributed by atoms with Gasteiger partial charge in [-0.2, -0.15) is 0 Å². The lowest BCUT2D eigenvalue weighted by atomic mass is 10.1. The van der Waals surface area contributed by atoms with E-state index in [1.54, 1.807) is 0 Å². The minimum absolute atomic E-state index is 0. The average molecular weight is 169 g/mol. The molecular weight excluding hydrogens is 155 g/mol. The van der Waals surface area contributed by atoms with Crippen LogP contribution >= 0.6 is 12.4 Å². The SMILES string of the molecule is CN1CCC(N)C(F)C1.Cl. The highest BCUT2D eigenvalue weighted by atomic mass is 35.5. The van der Waals surface area contributed by atoms with Gasteiger partial charge in [-0.15, -0.1) is 12.4 Å². The zero-order valence-electron chi connectivity index (χ0n) is 6.09. The molecule has 0 aromatic carbocycles. The van der Waals surface area contributed by atoms with E-state index in [4.69, 9.17) is 5.73 Å². The van der Waals surface area contributed by atoms with E-state index in [2.05, 4.69) is 0 Å². The predicted molar refractivity (Wildman–Crippen MR) is 42.2 cm³/mol. The van der Waals surface area contributed by atoms with E-state index in [1.807, 2.05) is 11.9 Å². The minimum atomic E-state index is -0.816. The Kier molecular flexibility index (Phi) is 4.17. The summed E-state index contributed by atoms with van der Waals surface area (Å²) in [6.45, 7) is 1.43. The second kappa shape index (κ2) is 4.11. The van der Waals surface area contributed by atoms with Gasteiger partial charge in [0.1, 0.15) is 6.17 Å². The summed E-state index contributed by atoms with van der Waals surface area (Å²) in [5, 5.41) is 0. The normalized spacial score (nSPS) is 35.1. The molecular formula is C6H14ClFN2. The first kappa shape index (κ1) is 10.1. The van der Waals surface area contributed by atoms with Crippen LogP contribution in [0, 0.1) is 0 Å². The molecule has 2 atom stereocenters. The van der Waals surface area contributed by atoms with Crippen molar-refractivity contribution in [2.75, 3.05) is 20.1 Å². The molecule has 0 aliphatic carbocycles. The molecule has 1 rings (SSSR count). The number of piperidine rings is 1. The van der Waals surface area contributed by atoms with Gasteiger partial charge in [0.25, 0.3) is 0 Å². The number of hydrogen-bond acceptors (Lipinski definition) is 2. The van der Waals surface area contributed by atoms with Crippen LogP contribution in [0.1, 0.15) is 6.42 Å². The largest absolute Gasteiger partial charge is 0.325 e. The van der Waals surface area contributed by atoms with Crippen molar-refractivity contribution in [2.45, 2.75) is 18.6 Å². The fourth-order valence-corrected chi connectivity index (χ4v) is 1.07. The molecule has 1 fully saturated rings. The van der Waals surface area contributed by atoms with Crippen LogP contribution in [0.5, 0.6) is 0 Å². The van der Waals surface area contributed by atoms with Crippen LogP contribution in [0.2, 0.25) is 0 Å². The van der Waals surface area contributed by atoms with Crippen LogP contribution in [-0.4, -0.2) is 37.3 Å². The van der Waals surface area contributed by atoms with Gasteiger partial charge in [0.15, 0.2) is 0 Å². The first-order chi connectivity index (χ1) is 4.20. The first-order valence-corrected chi connectivity index (χ1v) is 3.28. The molecule has 2 unspecified atom stereocenters. The van der Waals surface area contributed by atoms with Crippen molar-refractivity contribution in [1.29, 1.82) is 0 Å². The first-order valence-electron chi connectivity index (χ1n) is 3.28. The fraction of sp³-hybridized carbons (Fsp3) is 1.00. The summed E-state index contributed by atoms with van der Waals surface area (Å²) in [6, 6.07) is -0.221. The van der Waals surface area contributed by atoms with Crippen LogP contribution in [0.15, 0.2) is 0 Å². The minimum Gasteiger partial charge on any atom is -0.325 e. The number of alkyl halides is 1. The molecule has 0 amide bonds. The molecule has 2 N–H and O–H groups in total. The maximum atomic E-state index is 12.7. The Morgan fingerprint density at radius 3 is 2.60 bits per heavy atom. The molecule has 0 aromatic rings. The van der Waals surface area contributed by atoms with Crippen LogP contribution < -0.4 is 5.73 Å². The van der Waals surface area contributed by atoms with Crippen molar-refractivity contribution in [3.63, 3.8) is 0 Å². The van der Waals surface area contributed by atoms with Gasteiger partial charge in [-0.25, -0.2) is 4.39 Å². The number of hydrogen-bond donors (Lipinski definition) is 1. The topological polar surface area (TPSA) is 29.3 Å². The Labute approximate surface area is 67.0 Å². The molecule has 0 saturated carbocycles. The molecule has 1 aliphatic heterocycles. The summed E-state index contributed by atoms with van der Waals surface area (Å²) in [5.41, 5.74) is 5.44. The van der Waals surface area contributed by atoms with E-state index in [9.17, 15) is 4.39 Å². The van der Waals surface area contributed by atoms with E-state index >= 15 is 0 Å². The Hall–Kier alpha value is 0.140. The van der Waals surface area contributed by atoms with Crippen LogP contribution in [0.3, 0.4) is 0 Å². The fourth-order valence-electron chi connectivity index (χ4n) is 1.07. The van der Waals surface area contributed by atoms with Crippen molar-refractivity contribution < 1.29 is 4.39 Å². The smallest absolute Gasteiger partial charge is 0.128 e. The molecule has 0 aromatic heterocycles.